The minimum atomic E-state index is -0.274. The standard InChI is InChI=1S/C16H19FN2O/c1-4-18-15(12-6-5-9-19-16(12)20-3)13-10-11(2)7-8-14(13)17/h5-10,15,18H,4H2,1-3H3. The highest BCUT2D eigenvalue weighted by molar-refractivity contribution is 5.39. The van der Waals surface area contributed by atoms with Crippen molar-refractivity contribution in [3.8, 4) is 5.88 Å². The van der Waals surface area contributed by atoms with Crippen molar-refractivity contribution in [3.05, 3.63) is 59.0 Å². The fraction of sp³-hybridized carbons (Fsp3) is 0.312. The molecule has 2 aromatic rings. The normalized spacial score (nSPS) is 12.2. The SMILES string of the molecule is CCNC(c1cc(C)ccc1F)c1cccnc1OC. The van der Waals surface area contributed by atoms with Gasteiger partial charge in [-0.25, -0.2) is 9.37 Å². The lowest BCUT2D eigenvalue weighted by molar-refractivity contribution is 0.386. The molecule has 1 unspecified atom stereocenters. The summed E-state index contributed by atoms with van der Waals surface area (Å²) in [6.45, 7) is 4.66. The summed E-state index contributed by atoms with van der Waals surface area (Å²) in [5, 5.41) is 3.30. The number of ether oxygens (including phenoxy) is 1. The molecule has 0 aliphatic heterocycles. The second-order valence-corrected chi connectivity index (χ2v) is 4.62. The first kappa shape index (κ1) is 14.5. The molecule has 0 aliphatic rings. The average molecular weight is 274 g/mol. The van der Waals surface area contributed by atoms with Crippen molar-refractivity contribution in [2.75, 3.05) is 13.7 Å². The Morgan fingerprint density at radius 2 is 2.10 bits per heavy atom. The maximum absolute atomic E-state index is 14.2. The molecule has 0 fully saturated rings. The van der Waals surface area contributed by atoms with Crippen molar-refractivity contribution in [3.63, 3.8) is 0 Å². The number of hydrogen-bond donors (Lipinski definition) is 1. The van der Waals surface area contributed by atoms with Crippen LogP contribution in [0.2, 0.25) is 0 Å². The van der Waals surface area contributed by atoms with Crippen LogP contribution in [-0.2, 0) is 0 Å². The third-order valence-corrected chi connectivity index (χ3v) is 3.18. The van der Waals surface area contributed by atoms with E-state index in [1.807, 2.05) is 32.0 Å². The minimum absolute atomic E-state index is 0.229. The summed E-state index contributed by atoms with van der Waals surface area (Å²) < 4.78 is 19.5. The molecule has 3 nitrogen and oxygen atoms in total. The van der Waals surface area contributed by atoms with E-state index in [2.05, 4.69) is 10.3 Å². The van der Waals surface area contributed by atoms with Crippen LogP contribution in [0.25, 0.3) is 0 Å². The summed E-state index contributed by atoms with van der Waals surface area (Å²) in [5.41, 5.74) is 2.46. The predicted molar refractivity (Wildman–Crippen MR) is 77.4 cm³/mol. The Kier molecular flexibility index (Phi) is 4.69. The Bertz CT molecular complexity index is 586. The molecule has 0 saturated heterocycles. The van der Waals surface area contributed by atoms with Crippen LogP contribution in [0.15, 0.2) is 36.5 Å². The van der Waals surface area contributed by atoms with Gasteiger partial charge < -0.3 is 10.1 Å². The van der Waals surface area contributed by atoms with Crippen LogP contribution >= 0.6 is 0 Å². The number of nitrogens with zero attached hydrogens (tertiary/aromatic N) is 1. The lowest BCUT2D eigenvalue weighted by Crippen LogP contribution is -2.24. The number of pyridine rings is 1. The fourth-order valence-electron chi connectivity index (χ4n) is 2.27. The predicted octanol–water partition coefficient (Wildman–Crippen LogP) is 3.24. The second kappa shape index (κ2) is 6.48. The van der Waals surface area contributed by atoms with Crippen LogP contribution in [0.4, 0.5) is 4.39 Å². The van der Waals surface area contributed by atoms with Gasteiger partial charge in [-0.3, -0.25) is 0 Å². The van der Waals surface area contributed by atoms with Gasteiger partial charge in [0, 0.05) is 17.3 Å². The van der Waals surface area contributed by atoms with Crippen LogP contribution in [0, 0.1) is 12.7 Å². The summed E-state index contributed by atoms with van der Waals surface area (Å²) >= 11 is 0. The Morgan fingerprint density at radius 1 is 1.30 bits per heavy atom. The largest absolute Gasteiger partial charge is 0.481 e. The van der Waals surface area contributed by atoms with E-state index >= 15 is 0 Å². The third-order valence-electron chi connectivity index (χ3n) is 3.18. The van der Waals surface area contributed by atoms with Gasteiger partial charge in [-0.1, -0.05) is 30.7 Å². The Morgan fingerprint density at radius 3 is 2.80 bits per heavy atom. The first-order valence-corrected chi connectivity index (χ1v) is 6.65. The maximum Gasteiger partial charge on any atom is 0.218 e. The van der Waals surface area contributed by atoms with Gasteiger partial charge in [0.1, 0.15) is 5.82 Å². The summed E-state index contributed by atoms with van der Waals surface area (Å²) in [5.74, 6) is 0.284. The van der Waals surface area contributed by atoms with Crippen molar-refractivity contribution in [1.82, 2.24) is 10.3 Å². The van der Waals surface area contributed by atoms with Crippen molar-refractivity contribution in [2.45, 2.75) is 19.9 Å². The zero-order chi connectivity index (χ0) is 14.5. The second-order valence-electron chi connectivity index (χ2n) is 4.62. The number of methoxy groups -OCH3 is 1. The zero-order valence-corrected chi connectivity index (χ0v) is 12.0. The monoisotopic (exact) mass is 274 g/mol. The van der Waals surface area contributed by atoms with Crippen molar-refractivity contribution < 1.29 is 9.13 Å². The summed E-state index contributed by atoms with van der Waals surface area (Å²) in [7, 11) is 1.57. The van der Waals surface area contributed by atoms with Gasteiger partial charge >= 0.3 is 0 Å². The number of rotatable bonds is 5. The van der Waals surface area contributed by atoms with Crippen LogP contribution in [-0.4, -0.2) is 18.6 Å². The van der Waals surface area contributed by atoms with Crippen LogP contribution in [0.5, 0.6) is 5.88 Å². The number of aromatic nitrogens is 1. The number of nitrogens with one attached hydrogen (secondary N) is 1. The highest BCUT2D eigenvalue weighted by Gasteiger charge is 2.21. The van der Waals surface area contributed by atoms with E-state index in [9.17, 15) is 4.39 Å². The quantitative estimate of drug-likeness (QED) is 0.909. The van der Waals surface area contributed by atoms with E-state index < -0.39 is 0 Å². The number of aryl methyl sites for hydroxylation is 1. The zero-order valence-electron chi connectivity index (χ0n) is 12.0. The highest BCUT2D eigenvalue weighted by atomic mass is 19.1. The lowest BCUT2D eigenvalue weighted by Gasteiger charge is -2.21. The average Bonchev–Trinajstić information content (AvgIpc) is 2.47. The molecule has 4 heteroatoms. The van der Waals surface area contributed by atoms with E-state index in [1.165, 1.54) is 6.07 Å². The maximum atomic E-state index is 14.2. The first-order chi connectivity index (χ1) is 9.67. The van der Waals surface area contributed by atoms with Crippen molar-refractivity contribution in [2.24, 2.45) is 0 Å². The molecule has 0 amide bonds. The molecule has 2 rings (SSSR count). The van der Waals surface area contributed by atoms with Gasteiger partial charge in [0.15, 0.2) is 0 Å². The minimum Gasteiger partial charge on any atom is -0.481 e. The number of hydrogen-bond acceptors (Lipinski definition) is 3. The highest BCUT2D eigenvalue weighted by Crippen LogP contribution is 2.30. The first-order valence-electron chi connectivity index (χ1n) is 6.65. The Hall–Kier alpha value is -1.94. The van der Waals surface area contributed by atoms with Crippen molar-refractivity contribution >= 4 is 0 Å². The topological polar surface area (TPSA) is 34.2 Å². The van der Waals surface area contributed by atoms with Gasteiger partial charge in [0.2, 0.25) is 5.88 Å². The van der Waals surface area contributed by atoms with Crippen molar-refractivity contribution in [1.29, 1.82) is 0 Å². The number of benzene rings is 1. The Balaban J connectivity index is 2.53. The number of halogens is 1. The van der Waals surface area contributed by atoms with Gasteiger partial charge in [-0.05, 0) is 25.6 Å². The molecule has 1 atom stereocenters. The lowest BCUT2D eigenvalue weighted by atomic mass is 9.97. The molecular formula is C16H19FN2O. The van der Waals surface area contributed by atoms with Crippen LogP contribution in [0.3, 0.4) is 0 Å². The third kappa shape index (κ3) is 2.96. The van der Waals surface area contributed by atoms with Gasteiger partial charge in [-0.15, -0.1) is 0 Å². The molecule has 1 N–H and O–H groups in total. The smallest absolute Gasteiger partial charge is 0.218 e. The Labute approximate surface area is 118 Å². The molecule has 0 bridgehead atoms. The summed E-state index contributed by atoms with van der Waals surface area (Å²) in [6.07, 6.45) is 1.66. The fourth-order valence-corrected chi connectivity index (χ4v) is 2.27. The molecule has 0 saturated carbocycles. The molecule has 0 aliphatic carbocycles. The van der Waals surface area contributed by atoms with Gasteiger partial charge in [0.25, 0.3) is 0 Å². The van der Waals surface area contributed by atoms with E-state index in [4.69, 9.17) is 4.74 Å². The summed E-state index contributed by atoms with van der Waals surface area (Å²) in [6, 6.07) is 8.58. The molecule has 20 heavy (non-hydrogen) atoms. The molecule has 0 spiro atoms. The molecule has 106 valence electrons. The van der Waals surface area contributed by atoms with E-state index in [-0.39, 0.29) is 11.9 Å². The molecular weight excluding hydrogens is 255 g/mol. The van der Waals surface area contributed by atoms with E-state index in [0.717, 1.165) is 17.7 Å². The van der Waals surface area contributed by atoms with Gasteiger partial charge in [0.05, 0.1) is 13.2 Å². The van der Waals surface area contributed by atoms with Gasteiger partial charge in [-0.2, -0.15) is 0 Å². The summed E-state index contributed by atoms with van der Waals surface area (Å²) in [4.78, 5) is 4.19. The van der Waals surface area contributed by atoms with E-state index in [0.29, 0.717) is 11.4 Å². The van der Waals surface area contributed by atoms with Crippen LogP contribution < -0.4 is 10.1 Å². The molecule has 0 radical (unpaired) electrons. The van der Waals surface area contributed by atoms with Crippen LogP contribution in [0.1, 0.15) is 29.7 Å². The molecule has 1 heterocycles. The molecule has 1 aromatic carbocycles. The molecule has 1 aromatic heterocycles. The van der Waals surface area contributed by atoms with E-state index in [1.54, 1.807) is 19.4 Å².